The SMILES string of the molecule is Cc1cc2c(cc1N)N(C(=O)c1ccn(C)c(=O)c1)CC2. The van der Waals surface area contributed by atoms with Gasteiger partial charge in [0.05, 0.1) is 0 Å². The summed E-state index contributed by atoms with van der Waals surface area (Å²) in [4.78, 5) is 26.0. The first kappa shape index (κ1) is 13.4. The first-order chi connectivity index (χ1) is 9.97. The number of carbonyl (C=O) groups is 1. The Hall–Kier alpha value is -2.56. The van der Waals surface area contributed by atoms with E-state index in [1.165, 1.54) is 10.6 Å². The van der Waals surface area contributed by atoms with Gasteiger partial charge in [-0.1, -0.05) is 6.07 Å². The zero-order chi connectivity index (χ0) is 15.1. The number of pyridine rings is 1. The highest BCUT2D eigenvalue weighted by Crippen LogP contribution is 2.32. The third-order valence-electron chi connectivity index (χ3n) is 3.96. The van der Waals surface area contributed by atoms with Gasteiger partial charge in [-0.2, -0.15) is 0 Å². The zero-order valence-electron chi connectivity index (χ0n) is 12.1. The number of anilines is 2. The number of benzene rings is 1. The van der Waals surface area contributed by atoms with E-state index in [0.29, 0.717) is 17.8 Å². The van der Waals surface area contributed by atoms with Crippen LogP contribution in [-0.4, -0.2) is 17.0 Å². The van der Waals surface area contributed by atoms with Gasteiger partial charge in [-0.25, -0.2) is 0 Å². The highest BCUT2D eigenvalue weighted by molar-refractivity contribution is 6.07. The Labute approximate surface area is 122 Å². The molecule has 108 valence electrons. The van der Waals surface area contributed by atoms with E-state index >= 15 is 0 Å². The molecule has 0 spiro atoms. The minimum atomic E-state index is -0.191. The number of rotatable bonds is 1. The minimum absolute atomic E-state index is 0.158. The molecular weight excluding hydrogens is 266 g/mol. The maximum Gasteiger partial charge on any atom is 0.258 e. The number of nitrogens with two attached hydrogens (primary N) is 1. The molecule has 0 saturated heterocycles. The first-order valence-corrected chi connectivity index (χ1v) is 6.85. The Balaban J connectivity index is 2.00. The topological polar surface area (TPSA) is 68.3 Å². The molecule has 21 heavy (non-hydrogen) atoms. The molecule has 2 N–H and O–H groups in total. The second-order valence-electron chi connectivity index (χ2n) is 5.41. The molecule has 0 aliphatic carbocycles. The molecule has 0 bridgehead atoms. The van der Waals surface area contributed by atoms with Crippen molar-refractivity contribution in [2.75, 3.05) is 17.2 Å². The smallest absolute Gasteiger partial charge is 0.258 e. The standard InChI is InChI=1S/C16H17N3O2/c1-10-7-11-4-6-19(14(11)9-13(10)17)16(21)12-3-5-18(2)15(20)8-12/h3,5,7-9H,4,6,17H2,1-2H3. The van der Waals surface area contributed by atoms with Crippen molar-refractivity contribution in [1.29, 1.82) is 0 Å². The van der Waals surface area contributed by atoms with Crippen LogP contribution in [0.1, 0.15) is 21.5 Å². The van der Waals surface area contributed by atoms with Crippen LogP contribution in [0.5, 0.6) is 0 Å². The van der Waals surface area contributed by atoms with E-state index in [4.69, 9.17) is 5.73 Å². The molecular formula is C16H17N3O2. The van der Waals surface area contributed by atoms with Gasteiger partial charge >= 0.3 is 0 Å². The van der Waals surface area contributed by atoms with Crippen molar-refractivity contribution in [2.45, 2.75) is 13.3 Å². The van der Waals surface area contributed by atoms with Gasteiger partial charge in [0.1, 0.15) is 0 Å². The maximum absolute atomic E-state index is 12.6. The highest BCUT2D eigenvalue weighted by atomic mass is 16.2. The zero-order valence-corrected chi connectivity index (χ0v) is 12.1. The molecule has 1 amide bonds. The molecule has 1 aromatic carbocycles. The molecule has 0 unspecified atom stereocenters. The van der Waals surface area contributed by atoms with Crippen LogP contribution < -0.4 is 16.2 Å². The van der Waals surface area contributed by atoms with E-state index < -0.39 is 0 Å². The second kappa shape index (κ2) is 4.77. The summed E-state index contributed by atoms with van der Waals surface area (Å²) in [6.07, 6.45) is 2.42. The number of nitrogens with zero attached hydrogens (tertiary/aromatic N) is 2. The molecule has 0 radical (unpaired) electrons. The van der Waals surface area contributed by atoms with Gasteiger partial charge in [-0.3, -0.25) is 9.59 Å². The van der Waals surface area contributed by atoms with Crippen molar-refractivity contribution in [3.63, 3.8) is 0 Å². The van der Waals surface area contributed by atoms with Crippen molar-refractivity contribution >= 4 is 17.3 Å². The largest absolute Gasteiger partial charge is 0.398 e. The predicted octanol–water partition coefficient (Wildman–Crippen LogP) is 1.48. The lowest BCUT2D eigenvalue weighted by molar-refractivity contribution is 0.0989. The number of aromatic nitrogens is 1. The van der Waals surface area contributed by atoms with Crippen LogP contribution in [0.15, 0.2) is 35.3 Å². The van der Waals surface area contributed by atoms with Crippen LogP contribution in [0.25, 0.3) is 0 Å². The van der Waals surface area contributed by atoms with Crippen molar-refractivity contribution in [3.8, 4) is 0 Å². The molecule has 1 aliphatic rings. The fourth-order valence-corrected chi connectivity index (χ4v) is 2.62. The van der Waals surface area contributed by atoms with Crippen LogP contribution in [0.3, 0.4) is 0 Å². The summed E-state index contributed by atoms with van der Waals surface area (Å²) >= 11 is 0. The summed E-state index contributed by atoms with van der Waals surface area (Å²) in [5.41, 5.74) is 9.84. The van der Waals surface area contributed by atoms with E-state index in [1.807, 2.05) is 19.1 Å². The van der Waals surface area contributed by atoms with E-state index in [0.717, 1.165) is 23.2 Å². The van der Waals surface area contributed by atoms with Gasteiger partial charge in [-0.15, -0.1) is 0 Å². The van der Waals surface area contributed by atoms with Crippen LogP contribution in [0.2, 0.25) is 0 Å². The van der Waals surface area contributed by atoms with Crippen molar-refractivity contribution < 1.29 is 4.79 Å². The second-order valence-corrected chi connectivity index (χ2v) is 5.41. The van der Waals surface area contributed by atoms with Gasteiger partial charge in [0.2, 0.25) is 0 Å². The quantitative estimate of drug-likeness (QED) is 0.806. The van der Waals surface area contributed by atoms with E-state index in [-0.39, 0.29) is 11.5 Å². The third-order valence-corrected chi connectivity index (χ3v) is 3.96. The molecule has 5 heteroatoms. The molecule has 1 aromatic heterocycles. The number of hydrogen-bond donors (Lipinski definition) is 1. The Morgan fingerprint density at radius 3 is 2.76 bits per heavy atom. The van der Waals surface area contributed by atoms with Crippen LogP contribution in [0.4, 0.5) is 11.4 Å². The number of fused-ring (bicyclic) bond motifs is 1. The molecule has 2 heterocycles. The maximum atomic E-state index is 12.6. The minimum Gasteiger partial charge on any atom is -0.398 e. The predicted molar refractivity (Wildman–Crippen MR) is 82.7 cm³/mol. The molecule has 0 saturated carbocycles. The lowest BCUT2D eigenvalue weighted by Crippen LogP contribution is -2.30. The van der Waals surface area contributed by atoms with Crippen LogP contribution in [0, 0.1) is 6.92 Å². The third kappa shape index (κ3) is 2.20. The first-order valence-electron chi connectivity index (χ1n) is 6.85. The van der Waals surface area contributed by atoms with Gasteiger partial charge < -0.3 is 15.2 Å². The molecule has 2 aromatic rings. The van der Waals surface area contributed by atoms with E-state index in [1.54, 1.807) is 24.2 Å². The summed E-state index contributed by atoms with van der Waals surface area (Å²) in [7, 11) is 1.66. The number of hydrogen-bond acceptors (Lipinski definition) is 3. The molecule has 0 atom stereocenters. The molecule has 5 nitrogen and oxygen atoms in total. The van der Waals surface area contributed by atoms with Crippen molar-refractivity contribution in [3.05, 3.63) is 57.5 Å². The van der Waals surface area contributed by atoms with Crippen LogP contribution >= 0.6 is 0 Å². The van der Waals surface area contributed by atoms with Gasteiger partial charge in [0.15, 0.2) is 0 Å². The summed E-state index contributed by atoms with van der Waals surface area (Å²) in [6, 6.07) is 6.91. The lowest BCUT2D eigenvalue weighted by Gasteiger charge is -2.18. The lowest BCUT2D eigenvalue weighted by atomic mass is 10.1. The summed E-state index contributed by atoms with van der Waals surface area (Å²) in [6.45, 7) is 2.58. The number of nitrogen functional groups attached to an aromatic ring is 1. The summed E-state index contributed by atoms with van der Waals surface area (Å²) in [5.74, 6) is -0.158. The van der Waals surface area contributed by atoms with Crippen molar-refractivity contribution in [2.24, 2.45) is 7.05 Å². The number of carbonyl (C=O) groups excluding carboxylic acids is 1. The average molecular weight is 283 g/mol. The number of amides is 1. The fourth-order valence-electron chi connectivity index (χ4n) is 2.62. The Morgan fingerprint density at radius 2 is 2.05 bits per heavy atom. The summed E-state index contributed by atoms with van der Waals surface area (Å²) in [5, 5.41) is 0. The van der Waals surface area contributed by atoms with Crippen molar-refractivity contribution in [1.82, 2.24) is 4.57 Å². The Kier molecular flexibility index (Phi) is 3.05. The molecule has 3 rings (SSSR count). The van der Waals surface area contributed by atoms with Gasteiger partial charge in [0, 0.05) is 42.8 Å². The number of aryl methyl sites for hydroxylation is 2. The Bertz CT molecular complexity index is 793. The van der Waals surface area contributed by atoms with Gasteiger partial charge in [0.25, 0.3) is 11.5 Å². The fraction of sp³-hybridized carbons (Fsp3) is 0.250. The Morgan fingerprint density at radius 1 is 1.29 bits per heavy atom. The molecule has 1 aliphatic heterocycles. The van der Waals surface area contributed by atoms with Gasteiger partial charge in [-0.05, 0) is 36.6 Å². The van der Waals surface area contributed by atoms with E-state index in [2.05, 4.69) is 0 Å². The summed E-state index contributed by atoms with van der Waals surface area (Å²) < 4.78 is 1.44. The van der Waals surface area contributed by atoms with Crippen LogP contribution in [-0.2, 0) is 13.5 Å². The highest BCUT2D eigenvalue weighted by Gasteiger charge is 2.26. The molecule has 0 fully saturated rings. The average Bonchev–Trinajstić information content (AvgIpc) is 2.84. The normalized spacial score (nSPS) is 13.3. The van der Waals surface area contributed by atoms with E-state index in [9.17, 15) is 9.59 Å². The monoisotopic (exact) mass is 283 g/mol.